The van der Waals surface area contributed by atoms with E-state index in [1.165, 1.54) is 12.1 Å². The molecule has 28 heavy (non-hydrogen) atoms. The lowest BCUT2D eigenvalue weighted by atomic mass is 9.87. The second kappa shape index (κ2) is 7.26. The number of ether oxygens (including phenoxy) is 1. The highest BCUT2D eigenvalue weighted by Crippen LogP contribution is 2.34. The van der Waals surface area contributed by atoms with E-state index in [4.69, 9.17) is 4.74 Å². The Hall–Kier alpha value is -3.48. The van der Waals surface area contributed by atoms with Crippen LogP contribution in [-0.2, 0) is 11.4 Å². The largest absolute Gasteiger partial charge is 0.489 e. The van der Waals surface area contributed by atoms with Crippen LogP contribution in [0.25, 0.3) is 0 Å². The van der Waals surface area contributed by atoms with Crippen molar-refractivity contribution in [3.05, 3.63) is 87.2 Å². The zero-order valence-electron chi connectivity index (χ0n) is 15.2. The number of aromatic nitrogens is 2. The minimum atomic E-state index is -0.369. The summed E-state index contributed by atoms with van der Waals surface area (Å²) >= 11 is 0. The Bertz CT molecular complexity index is 1080. The summed E-state index contributed by atoms with van der Waals surface area (Å²) in [6.07, 6.45) is 0.177. The minimum absolute atomic E-state index is 0.174. The Labute approximate surface area is 160 Å². The van der Waals surface area contributed by atoms with Crippen LogP contribution in [0.4, 0.5) is 10.2 Å². The first kappa shape index (κ1) is 17.9. The molecule has 1 aliphatic heterocycles. The number of nitrogens with one attached hydrogen (secondary N) is 2. The Kier molecular flexibility index (Phi) is 4.65. The molecule has 1 aliphatic rings. The number of halogens is 1. The first-order valence-electron chi connectivity index (χ1n) is 8.87. The number of carbonyl (C=O) groups is 1. The number of hydrogen-bond acceptors (Lipinski definition) is 4. The topological polar surface area (TPSA) is 84.1 Å². The third kappa shape index (κ3) is 3.64. The lowest BCUT2D eigenvalue weighted by Crippen LogP contribution is -2.31. The van der Waals surface area contributed by atoms with Crippen molar-refractivity contribution in [1.82, 2.24) is 9.97 Å². The molecule has 1 atom stereocenters. The van der Waals surface area contributed by atoms with Gasteiger partial charge in [-0.15, -0.1) is 0 Å². The molecule has 7 heteroatoms. The second-order valence-corrected chi connectivity index (χ2v) is 6.70. The van der Waals surface area contributed by atoms with Gasteiger partial charge < -0.3 is 15.0 Å². The maximum atomic E-state index is 13.0. The van der Waals surface area contributed by atoms with Gasteiger partial charge in [-0.05, 0) is 42.3 Å². The SMILES string of the molecule is Cc1nc2c(c(=O)[nH]1)[C@@H](c1ccc(OCc3ccc(F)cc3)cc1)CC(=O)N2. The van der Waals surface area contributed by atoms with E-state index in [0.717, 1.165) is 11.1 Å². The van der Waals surface area contributed by atoms with E-state index in [1.54, 1.807) is 31.2 Å². The monoisotopic (exact) mass is 379 g/mol. The van der Waals surface area contributed by atoms with Crippen molar-refractivity contribution in [2.75, 3.05) is 5.32 Å². The molecule has 0 aliphatic carbocycles. The Balaban J connectivity index is 1.55. The fourth-order valence-corrected chi connectivity index (χ4v) is 3.31. The molecule has 2 N–H and O–H groups in total. The lowest BCUT2D eigenvalue weighted by Gasteiger charge is -2.24. The van der Waals surface area contributed by atoms with Gasteiger partial charge in [0.05, 0.1) is 5.56 Å². The molecule has 0 spiro atoms. The number of hydrogen-bond donors (Lipinski definition) is 2. The fourth-order valence-electron chi connectivity index (χ4n) is 3.31. The van der Waals surface area contributed by atoms with Gasteiger partial charge in [0, 0.05) is 12.3 Å². The molecule has 2 aromatic carbocycles. The molecular weight excluding hydrogens is 361 g/mol. The van der Waals surface area contributed by atoms with Crippen molar-refractivity contribution in [3.63, 3.8) is 0 Å². The van der Waals surface area contributed by atoms with E-state index < -0.39 is 0 Å². The summed E-state index contributed by atoms with van der Waals surface area (Å²) in [7, 11) is 0. The van der Waals surface area contributed by atoms with Crippen LogP contribution in [0.3, 0.4) is 0 Å². The first-order chi connectivity index (χ1) is 13.5. The molecule has 6 nitrogen and oxygen atoms in total. The molecular formula is C21H18FN3O3. The average Bonchev–Trinajstić information content (AvgIpc) is 2.67. The van der Waals surface area contributed by atoms with Crippen LogP contribution in [0.15, 0.2) is 53.3 Å². The number of aryl methyl sites for hydroxylation is 1. The average molecular weight is 379 g/mol. The quantitative estimate of drug-likeness (QED) is 0.729. The number of nitrogens with zero attached hydrogens (tertiary/aromatic N) is 1. The number of fused-ring (bicyclic) bond motifs is 1. The van der Waals surface area contributed by atoms with Crippen LogP contribution in [0.2, 0.25) is 0 Å². The molecule has 4 rings (SSSR count). The Morgan fingerprint density at radius 1 is 1.11 bits per heavy atom. The van der Waals surface area contributed by atoms with Crippen molar-refractivity contribution in [2.24, 2.45) is 0 Å². The van der Waals surface area contributed by atoms with Gasteiger partial charge in [0.2, 0.25) is 5.91 Å². The van der Waals surface area contributed by atoms with Crippen molar-refractivity contribution < 1.29 is 13.9 Å². The fraction of sp³-hybridized carbons (Fsp3) is 0.190. The first-order valence-corrected chi connectivity index (χ1v) is 8.87. The summed E-state index contributed by atoms with van der Waals surface area (Å²) in [5.74, 6) is 0.584. The molecule has 1 aromatic heterocycles. The summed E-state index contributed by atoms with van der Waals surface area (Å²) < 4.78 is 18.7. The van der Waals surface area contributed by atoms with Gasteiger partial charge in [-0.3, -0.25) is 9.59 Å². The molecule has 0 saturated carbocycles. The molecule has 0 bridgehead atoms. The lowest BCUT2D eigenvalue weighted by molar-refractivity contribution is -0.116. The van der Waals surface area contributed by atoms with Gasteiger partial charge in [0.25, 0.3) is 5.56 Å². The van der Waals surface area contributed by atoms with Crippen LogP contribution in [0.1, 0.15) is 34.9 Å². The molecule has 0 radical (unpaired) electrons. The van der Waals surface area contributed by atoms with E-state index >= 15 is 0 Å². The smallest absolute Gasteiger partial charge is 0.256 e. The molecule has 0 saturated heterocycles. The number of anilines is 1. The molecule has 142 valence electrons. The van der Waals surface area contributed by atoms with E-state index in [-0.39, 0.29) is 29.6 Å². The predicted octanol–water partition coefficient (Wildman–Crippen LogP) is 3.27. The maximum absolute atomic E-state index is 13.0. The van der Waals surface area contributed by atoms with E-state index in [1.807, 2.05) is 12.1 Å². The van der Waals surface area contributed by atoms with Gasteiger partial charge in [-0.1, -0.05) is 24.3 Å². The van der Waals surface area contributed by atoms with Gasteiger partial charge in [-0.25, -0.2) is 9.37 Å². The number of amides is 1. The minimum Gasteiger partial charge on any atom is -0.489 e. The zero-order chi connectivity index (χ0) is 19.7. The van der Waals surface area contributed by atoms with E-state index in [2.05, 4.69) is 15.3 Å². The van der Waals surface area contributed by atoms with Gasteiger partial charge in [0.15, 0.2) is 0 Å². The standard InChI is InChI=1S/C21H18FN3O3/c1-12-23-20-19(21(27)24-12)17(10-18(26)25-20)14-4-8-16(9-5-14)28-11-13-2-6-15(22)7-3-13/h2-9,17H,10-11H2,1H3,(H2,23,24,25,26,27)/t17-/m1/s1. The highest BCUT2D eigenvalue weighted by Gasteiger charge is 2.30. The molecule has 1 amide bonds. The number of rotatable bonds is 4. The normalized spacial score (nSPS) is 15.6. The second-order valence-electron chi connectivity index (χ2n) is 6.70. The number of aromatic amines is 1. The summed E-state index contributed by atoms with van der Waals surface area (Å²) in [6, 6.07) is 13.4. The summed E-state index contributed by atoms with van der Waals surface area (Å²) in [5, 5.41) is 2.67. The zero-order valence-corrected chi connectivity index (χ0v) is 15.2. The van der Waals surface area contributed by atoms with E-state index in [9.17, 15) is 14.0 Å². The third-order valence-corrected chi connectivity index (χ3v) is 4.67. The summed E-state index contributed by atoms with van der Waals surface area (Å²) in [6.45, 7) is 1.99. The molecule has 0 fully saturated rings. The number of carbonyl (C=O) groups excluding carboxylic acids is 1. The van der Waals surface area contributed by atoms with Gasteiger partial charge in [-0.2, -0.15) is 0 Å². The van der Waals surface area contributed by atoms with Crippen LogP contribution in [0, 0.1) is 12.7 Å². The highest BCUT2D eigenvalue weighted by atomic mass is 19.1. The summed E-state index contributed by atoms with van der Waals surface area (Å²) in [4.78, 5) is 31.4. The van der Waals surface area contributed by atoms with Crippen LogP contribution in [-0.4, -0.2) is 15.9 Å². The van der Waals surface area contributed by atoms with Crippen LogP contribution in [0.5, 0.6) is 5.75 Å². The van der Waals surface area contributed by atoms with Crippen molar-refractivity contribution >= 4 is 11.7 Å². The number of H-pyrrole nitrogens is 1. The van der Waals surface area contributed by atoms with Crippen LogP contribution < -0.4 is 15.6 Å². The maximum Gasteiger partial charge on any atom is 0.256 e. The van der Waals surface area contributed by atoms with Gasteiger partial charge >= 0.3 is 0 Å². The van der Waals surface area contributed by atoms with Crippen LogP contribution >= 0.6 is 0 Å². The highest BCUT2D eigenvalue weighted by molar-refractivity contribution is 5.94. The molecule has 2 heterocycles. The van der Waals surface area contributed by atoms with Crippen molar-refractivity contribution in [1.29, 1.82) is 0 Å². The van der Waals surface area contributed by atoms with Crippen molar-refractivity contribution in [3.8, 4) is 5.75 Å². The van der Waals surface area contributed by atoms with E-state index in [0.29, 0.717) is 29.6 Å². The predicted molar refractivity (Wildman–Crippen MR) is 102 cm³/mol. The summed E-state index contributed by atoms with van der Waals surface area (Å²) in [5.41, 5.74) is 1.91. The molecule has 3 aromatic rings. The number of benzene rings is 2. The Morgan fingerprint density at radius 2 is 1.82 bits per heavy atom. The van der Waals surface area contributed by atoms with Gasteiger partial charge in [0.1, 0.15) is 29.8 Å². The Morgan fingerprint density at radius 3 is 2.54 bits per heavy atom. The molecule has 0 unspecified atom stereocenters. The van der Waals surface area contributed by atoms with Crippen molar-refractivity contribution in [2.45, 2.75) is 25.9 Å². The third-order valence-electron chi connectivity index (χ3n) is 4.67.